The number of rotatable bonds is 12. The lowest BCUT2D eigenvalue weighted by molar-refractivity contribution is -0.130. The van der Waals surface area contributed by atoms with Gasteiger partial charge in [0, 0.05) is 12.0 Å². The number of methoxy groups -OCH3 is 3. The summed E-state index contributed by atoms with van der Waals surface area (Å²) >= 11 is 2.84. The first-order valence-corrected chi connectivity index (χ1v) is 16.6. The number of hydrogen-bond acceptors (Lipinski definition) is 10. The van der Waals surface area contributed by atoms with Crippen LogP contribution in [0.5, 0.6) is 17.2 Å². The van der Waals surface area contributed by atoms with Gasteiger partial charge in [0.15, 0.2) is 11.0 Å². The Labute approximate surface area is 280 Å². The molecule has 1 aliphatic rings. The maximum atomic E-state index is 13.9. The molecule has 3 aromatic carbocycles. The van der Waals surface area contributed by atoms with Crippen molar-refractivity contribution in [3.05, 3.63) is 112 Å². The molecule has 1 N–H and O–H groups in total. The van der Waals surface area contributed by atoms with Crippen molar-refractivity contribution in [2.75, 3.05) is 27.1 Å². The first-order chi connectivity index (χ1) is 23.0. The Kier molecular flexibility index (Phi) is 9.83. The molecule has 1 aliphatic heterocycles. The molecule has 0 radical (unpaired) electrons. The molecule has 6 rings (SSSR count). The molecule has 2 amide bonds. The predicted octanol–water partition coefficient (Wildman–Crippen LogP) is 5.75. The highest BCUT2D eigenvalue weighted by Crippen LogP contribution is 2.36. The third kappa shape index (κ3) is 7.00. The Morgan fingerprint density at radius 2 is 1.62 bits per heavy atom. The number of hydrogen-bond donors (Lipinski definition) is 1. The normalized spacial score (nSPS) is 14.1. The van der Waals surface area contributed by atoms with Gasteiger partial charge in [0.2, 0.25) is 0 Å². The Morgan fingerprint density at radius 3 is 2.30 bits per heavy atom. The minimum absolute atomic E-state index is 0.0549. The lowest BCUT2D eigenvalue weighted by Crippen LogP contribution is -2.28. The molecule has 3 heterocycles. The maximum absolute atomic E-state index is 13.9. The van der Waals surface area contributed by atoms with Crippen molar-refractivity contribution in [2.45, 2.75) is 24.2 Å². The number of nitrogens with zero attached hydrogens (tertiary/aromatic N) is 5. The number of carbonyl (C=O) groups excluding carboxylic acids is 2. The molecule has 13 heteroatoms. The molecule has 0 saturated carbocycles. The zero-order valence-electron chi connectivity index (χ0n) is 26.0. The van der Waals surface area contributed by atoms with Crippen LogP contribution in [0.3, 0.4) is 0 Å². The molecule has 0 saturated heterocycles. The van der Waals surface area contributed by atoms with Gasteiger partial charge in [-0.2, -0.15) is 5.10 Å². The van der Waals surface area contributed by atoms with Crippen LogP contribution in [0.2, 0.25) is 0 Å². The van der Waals surface area contributed by atoms with Gasteiger partial charge < -0.3 is 19.5 Å². The highest BCUT2D eigenvalue weighted by atomic mass is 32.2. The van der Waals surface area contributed by atoms with Gasteiger partial charge in [0.25, 0.3) is 11.8 Å². The molecular weight excluding hydrogens is 637 g/mol. The fourth-order valence-electron chi connectivity index (χ4n) is 5.18. The first kappa shape index (κ1) is 31.8. The summed E-state index contributed by atoms with van der Waals surface area (Å²) in [6, 6.07) is 25.7. The van der Waals surface area contributed by atoms with Crippen LogP contribution in [0.1, 0.15) is 39.1 Å². The molecule has 240 valence electrons. The van der Waals surface area contributed by atoms with E-state index < -0.39 is 0 Å². The molecule has 1 unspecified atom stereocenters. The Morgan fingerprint density at radius 1 is 0.894 bits per heavy atom. The standard InChI is InChI=1S/C34H32N6O5S2/c1-43-24-14-10-22(11-15-24)28-19-26(30-9-6-18-46-30)38-40(28)32(41)21-47-34-37-36-31(39(34)27-7-4-5-8-29(27)45-3)20-35-33(42)23-12-16-25(44-2)17-13-23/h4-18,28H,19-21H2,1-3H3,(H,35,42). The van der Waals surface area contributed by atoms with Gasteiger partial charge in [-0.05, 0) is 65.5 Å². The lowest BCUT2D eigenvalue weighted by Gasteiger charge is -2.22. The largest absolute Gasteiger partial charge is 0.497 e. The second kappa shape index (κ2) is 14.5. The van der Waals surface area contributed by atoms with Crippen LogP contribution in [-0.2, 0) is 11.3 Å². The topological polar surface area (TPSA) is 120 Å². The van der Waals surface area contributed by atoms with Crippen molar-refractivity contribution in [1.29, 1.82) is 0 Å². The average molecular weight is 669 g/mol. The third-order valence-electron chi connectivity index (χ3n) is 7.58. The van der Waals surface area contributed by atoms with Crippen LogP contribution in [0.4, 0.5) is 0 Å². The second-order valence-corrected chi connectivity index (χ2v) is 12.3. The molecule has 47 heavy (non-hydrogen) atoms. The lowest BCUT2D eigenvalue weighted by atomic mass is 10.0. The van der Waals surface area contributed by atoms with E-state index in [9.17, 15) is 9.59 Å². The van der Waals surface area contributed by atoms with E-state index in [4.69, 9.17) is 19.3 Å². The Balaban J connectivity index is 1.24. The summed E-state index contributed by atoms with van der Waals surface area (Å²) in [5.74, 6) is 2.07. The van der Waals surface area contributed by atoms with E-state index in [0.717, 1.165) is 21.9 Å². The number of aromatic nitrogens is 3. The number of carbonyl (C=O) groups is 2. The second-order valence-electron chi connectivity index (χ2n) is 10.4. The number of nitrogens with one attached hydrogen (secondary N) is 1. The summed E-state index contributed by atoms with van der Waals surface area (Å²) in [4.78, 5) is 27.8. The number of thioether (sulfide) groups is 1. The zero-order chi connectivity index (χ0) is 32.8. The Bertz CT molecular complexity index is 1870. The number of ether oxygens (including phenoxy) is 3. The molecule has 5 aromatic rings. The SMILES string of the molecule is COc1ccc(C(=O)NCc2nnc(SCC(=O)N3N=C(c4cccs4)CC3c3ccc(OC)cc3)n2-c2ccccc2OC)cc1. The van der Waals surface area contributed by atoms with Gasteiger partial charge in [-0.3, -0.25) is 14.2 Å². The highest BCUT2D eigenvalue weighted by molar-refractivity contribution is 7.99. The van der Waals surface area contributed by atoms with Crippen molar-refractivity contribution in [3.8, 4) is 22.9 Å². The fraction of sp³-hybridized carbons (Fsp3) is 0.206. The number of para-hydroxylation sites is 2. The summed E-state index contributed by atoms with van der Waals surface area (Å²) < 4.78 is 18.0. The van der Waals surface area contributed by atoms with Gasteiger partial charge in [-0.15, -0.1) is 21.5 Å². The zero-order valence-corrected chi connectivity index (χ0v) is 27.6. The number of amides is 2. The van der Waals surface area contributed by atoms with Gasteiger partial charge in [0.1, 0.15) is 17.2 Å². The molecule has 0 aliphatic carbocycles. The average Bonchev–Trinajstić information content (AvgIpc) is 3.90. The van der Waals surface area contributed by atoms with Crippen LogP contribution < -0.4 is 19.5 Å². The van der Waals surface area contributed by atoms with Crippen LogP contribution in [0.15, 0.2) is 101 Å². The number of hydrazone groups is 1. The molecule has 11 nitrogen and oxygen atoms in total. The van der Waals surface area contributed by atoms with E-state index in [0.29, 0.717) is 40.2 Å². The summed E-state index contributed by atoms with van der Waals surface area (Å²) in [6.07, 6.45) is 0.596. The van der Waals surface area contributed by atoms with Gasteiger partial charge in [-0.25, -0.2) is 5.01 Å². The van der Waals surface area contributed by atoms with Crippen molar-refractivity contribution in [3.63, 3.8) is 0 Å². The van der Waals surface area contributed by atoms with E-state index in [-0.39, 0.29) is 30.2 Å². The maximum Gasteiger partial charge on any atom is 0.253 e. The van der Waals surface area contributed by atoms with Crippen molar-refractivity contribution >= 4 is 40.6 Å². The number of thiophene rings is 1. The smallest absolute Gasteiger partial charge is 0.253 e. The van der Waals surface area contributed by atoms with Gasteiger partial charge in [-0.1, -0.05) is 42.1 Å². The number of benzene rings is 3. The molecule has 0 bridgehead atoms. The quantitative estimate of drug-likeness (QED) is 0.167. The van der Waals surface area contributed by atoms with Crippen LogP contribution in [0.25, 0.3) is 5.69 Å². The van der Waals surface area contributed by atoms with E-state index in [1.165, 1.54) is 11.8 Å². The summed E-state index contributed by atoms with van der Waals surface area (Å²) in [5.41, 5.74) is 2.99. The summed E-state index contributed by atoms with van der Waals surface area (Å²) in [6.45, 7) is 0.0879. The fourth-order valence-corrected chi connectivity index (χ4v) is 6.72. The summed E-state index contributed by atoms with van der Waals surface area (Å²) in [5, 5.41) is 20.6. The van der Waals surface area contributed by atoms with E-state index in [1.807, 2.05) is 66.0 Å². The molecule has 0 fully saturated rings. The van der Waals surface area contributed by atoms with Crippen molar-refractivity contribution < 1.29 is 23.8 Å². The van der Waals surface area contributed by atoms with E-state index >= 15 is 0 Å². The molecular formula is C34H32N6O5S2. The van der Waals surface area contributed by atoms with Crippen LogP contribution >= 0.6 is 23.1 Å². The van der Waals surface area contributed by atoms with Gasteiger partial charge >= 0.3 is 0 Å². The first-order valence-electron chi connectivity index (χ1n) is 14.7. The predicted molar refractivity (Wildman–Crippen MR) is 181 cm³/mol. The van der Waals surface area contributed by atoms with Crippen LogP contribution in [-0.4, -0.2) is 64.4 Å². The van der Waals surface area contributed by atoms with Crippen LogP contribution in [0, 0.1) is 0 Å². The van der Waals surface area contributed by atoms with Crippen molar-refractivity contribution in [2.24, 2.45) is 5.10 Å². The Hall–Kier alpha value is -5.14. The summed E-state index contributed by atoms with van der Waals surface area (Å²) in [7, 11) is 4.78. The minimum atomic E-state index is -0.273. The molecule has 0 spiro atoms. The molecule has 2 aromatic heterocycles. The van der Waals surface area contributed by atoms with E-state index in [2.05, 4.69) is 15.5 Å². The van der Waals surface area contributed by atoms with Crippen molar-refractivity contribution in [1.82, 2.24) is 25.1 Å². The molecule has 1 atom stereocenters. The third-order valence-corrected chi connectivity index (χ3v) is 9.42. The highest BCUT2D eigenvalue weighted by Gasteiger charge is 2.34. The van der Waals surface area contributed by atoms with E-state index in [1.54, 1.807) is 66.5 Å². The van der Waals surface area contributed by atoms with Gasteiger partial charge in [0.05, 0.1) is 55.9 Å². The minimum Gasteiger partial charge on any atom is -0.497 e. The monoisotopic (exact) mass is 668 g/mol.